The predicted molar refractivity (Wildman–Crippen MR) is 239 cm³/mol. The molecule has 9 rings (SSSR count). The molecular formula is C47H53N7O6S2. The van der Waals surface area contributed by atoms with E-state index < -0.39 is 18.1 Å². The van der Waals surface area contributed by atoms with E-state index >= 15 is 0 Å². The van der Waals surface area contributed by atoms with E-state index in [0.717, 1.165) is 70.7 Å². The van der Waals surface area contributed by atoms with Crippen molar-refractivity contribution in [3.8, 4) is 33.3 Å². The number of ether oxygens (including phenoxy) is 1. The van der Waals surface area contributed by atoms with E-state index in [9.17, 15) is 19.8 Å². The minimum Gasteiger partial charge on any atom is -0.507 e. The average Bonchev–Trinajstić information content (AvgIpc) is 4.07. The van der Waals surface area contributed by atoms with E-state index in [1.807, 2.05) is 75.7 Å². The fourth-order valence-corrected chi connectivity index (χ4v) is 11.6. The number of nitrogens with zero attached hydrogens (tertiary/aromatic N) is 6. The fraction of sp³-hybridized carbons (Fsp3) is 0.447. The Morgan fingerprint density at radius 2 is 1.76 bits per heavy atom. The molecule has 324 valence electrons. The highest BCUT2D eigenvalue weighted by Gasteiger charge is 2.44. The maximum Gasteiger partial charge on any atom is 0.254 e. The summed E-state index contributed by atoms with van der Waals surface area (Å²) in [6, 6.07) is 18.2. The van der Waals surface area contributed by atoms with Crippen LogP contribution >= 0.6 is 22.7 Å². The lowest BCUT2D eigenvalue weighted by atomic mass is 9.84. The molecule has 3 fully saturated rings. The van der Waals surface area contributed by atoms with Crippen molar-refractivity contribution in [1.29, 1.82) is 0 Å². The van der Waals surface area contributed by atoms with E-state index in [1.165, 1.54) is 15.3 Å². The number of fused-ring (bicyclic) bond motifs is 1. The predicted octanol–water partition coefficient (Wildman–Crippen LogP) is 8.16. The van der Waals surface area contributed by atoms with Crippen LogP contribution in [-0.4, -0.2) is 96.1 Å². The largest absolute Gasteiger partial charge is 0.507 e. The summed E-state index contributed by atoms with van der Waals surface area (Å²) in [5, 5.41) is 38.6. The zero-order valence-corrected chi connectivity index (χ0v) is 37.3. The number of piperidine rings is 1. The van der Waals surface area contributed by atoms with E-state index in [4.69, 9.17) is 9.26 Å². The van der Waals surface area contributed by atoms with Gasteiger partial charge in [-0.15, -0.1) is 32.9 Å². The number of phenols is 1. The molecule has 6 heterocycles. The number of benzene rings is 2. The molecule has 1 aliphatic carbocycles. The fourth-order valence-electron chi connectivity index (χ4n) is 9.49. The van der Waals surface area contributed by atoms with Gasteiger partial charge in [0, 0.05) is 40.9 Å². The standard InChI is InChI=1S/C47H53N7O6S2/c1-25(2)42(47(58)54-23-32(55)20-37(54)45(57)49-27(4)29-10-12-30(13-11-29)44-28(5)48-24-61-44)40-22-41(52-60-40)59-39-15-14-36(39)53-18-16-31(17-19-53)43-26(3)34-21-35(50-51-46(34)62-43)33-8-6-7-9-38(33)56/h6-13,21-22,24-25,27,31-32,36-37,39,42,55-56H,14-20,23H2,1-5H3,(H,49,57)/t27-,32+,36?,37-,39?,42+/m0/s1. The molecule has 4 aromatic heterocycles. The average molecular weight is 876 g/mol. The molecule has 6 atom stereocenters. The van der Waals surface area contributed by atoms with Crippen LogP contribution < -0.4 is 10.1 Å². The van der Waals surface area contributed by atoms with E-state index in [-0.39, 0.29) is 54.6 Å². The van der Waals surface area contributed by atoms with Crippen LogP contribution in [0.1, 0.15) is 98.2 Å². The van der Waals surface area contributed by atoms with E-state index in [0.29, 0.717) is 28.8 Å². The van der Waals surface area contributed by atoms with Crippen molar-refractivity contribution in [2.75, 3.05) is 19.6 Å². The Morgan fingerprint density at radius 1 is 0.984 bits per heavy atom. The Kier molecular flexibility index (Phi) is 11.9. The van der Waals surface area contributed by atoms with Gasteiger partial charge in [-0.05, 0) is 111 Å². The summed E-state index contributed by atoms with van der Waals surface area (Å²) in [5.74, 6) is -0.0904. The minimum atomic E-state index is -0.821. The second kappa shape index (κ2) is 17.5. The highest BCUT2D eigenvalue weighted by atomic mass is 32.1. The summed E-state index contributed by atoms with van der Waals surface area (Å²) in [6.07, 6.45) is 3.31. The Morgan fingerprint density at radius 3 is 2.45 bits per heavy atom. The van der Waals surface area contributed by atoms with Gasteiger partial charge < -0.3 is 29.7 Å². The zero-order chi connectivity index (χ0) is 43.2. The number of carbonyl (C=O) groups excluding carboxylic acids is 2. The number of nitrogens with one attached hydrogen (secondary N) is 1. The molecule has 1 saturated carbocycles. The van der Waals surface area contributed by atoms with Gasteiger partial charge in [0.25, 0.3) is 5.88 Å². The normalized spacial score (nSPS) is 21.9. The first-order valence-electron chi connectivity index (χ1n) is 21.6. The maximum atomic E-state index is 14.3. The smallest absolute Gasteiger partial charge is 0.254 e. The number of carbonyl (C=O) groups is 2. The molecule has 2 unspecified atom stereocenters. The number of hydrogen-bond acceptors (Lipinski definition) is 13. The third kappa shape index (κ3) is 8.23. The lowest BCUT2D eigenvalue weighted by Crippen LogP contribution is -2.55. The van der Waals surface area contributed by atoms with E-state index in [2.05, 4.69) is 37.5 Å². The third-order valence-electron chi connectivity index (χ3n) is 13.1. The molecule has 2 aromatic carbocycles. The van der Waals surface area contributed by atoms with Gasteiger partial charge in [0.1, 0.15) is 28.6 Å². The Labute approximate surface area is 369 Å². The van der Waals surface area contributed by atoms with Crippen molar-refractivity contribution in [2.45, 2.75) is 109 Å². The summed E-state index contributed by atoms with van der Waals surface area (Å²) in [5.41, 5.74) is 7.43. The highest BCUT2D eigenvalue weighted by Crippen LogP contribution is 2.43. The zero-order valence-electron chi connectivity index (χ0n) is 35.7. The number of aryl methyl sites for hydroxylation is 2. The molecule has 3 aliphatic rings. The molecule has 3 N–H and O–H groups in total. The van der Waals surface area contributed by atoms with Gasteiger partial charge in [0.15, 0.2) is 5.76 Å². The molecule has 0 spiro atoms. The first-order valence-corrected chi connectivity index (χ1v) is 23.3. The highest BCUT2D eigenvalue weighted by molar-refractivity contribution is 7.19. The van der Waals surface area contributed by atoms with Gasteiger partial charge in [-0.1, -0.05) is 50.2 Å². The van der Waals surface area contributed by atoms with Crippen molar-refractivity contribution in [2.24, 2.45) is 5.92 Å². The molecular weight excluding hydrogens is 823 g/mol. The first-order chi connectivity index (χ1) is 29.9. The number of thiazole rings is 1. The van der Waals surface area contributed by atoms with Crippen LogP contribution in [0, 0.1) is 19.8 Å². The van der Waals surface area contributed by atoms with Crippen LogP contribution in [0.4, 0.5) is 0 Å². The van der Waals surface area contributed by atoms with Gasteiger partial charge in [0.2, 0.25) is 11.8 Å². The molecule has 2 saturated heterocycles. The van der Waals surface area contributed by atoms with Crippen molar-refractivity contribution < 1.29 is 29.1 Å². The number of aromatic hydroxyl groups is 1. The second-order valence-electron chi connectivity index (χ2n) is 17.5. The van der Waals surface area contributed by atoms with Crippen molar-refractivity contribution in [1.82, 2.24) is 35.5 Å². The number of aliphatic hydroxyl groups excluding tert-OH is 1. The molecule has 2 aliphatic heterocycles. The van der Waals surface area contributed by atoms with Crippen molar-refractivity contribution >= 4 is 44.7 Å². The number of aromatic nitrogens is 4. The van der Waals surface area contributed by atoms with Crippen LogP contribution in [0.2, 0.25) is 0 Å². The van der Waals surface area contributed by atoms with Gasteiger partial charge in [0.05, 0.1) is 33.9 Å². The lowest BCUT2D eigenvalue weighted by Gasteiger charge is -2.46. The number of para-hydroxylation sites is 1. The number of amides is 2. The molecule has 15 heteroatoms. The maximum absolute atomic E-state index is 14.3. The summed E-state index contributed by atoms with van der Waals surface area (Å²) < 4.78 is 12.3. The van der Waals surface area contributed by atoms with Gasteiger partial charge in [-0.25, -0.2) is 4.98 Å². The van der Waals surface area contributed by atoms with Crippen LogP contribution in [0.5, 0.6) is 11.6 Å². The van der Waals surface area contributed by atoms with Crippen LogP contribution in [0.15, 0.2) is 70.7 Å². The monoisotopic (exact) mass is 875 g/mol. The van der Waals surface area contributed by atoms with Crippen LogP contribution in [0.3, 0.4) is 0 Å². The summed E-state index contributed by atoms with van der Waals surface area (Å²) in [6.45, 7) is 12.0. The van der Waals surface area contributed by atoms with Crippen LogP contribution in [-0.2, 0) is 9.59 Å². The number of rotatable bonds is 12. The SMILES string of the molecule is Cc1ncsc1-c1ccc([C@H](C)NC(=O)[C@@H]2C[C@@H](O)CN2C(=O)[C@@H](c2cc(OC3CCC3N3CCC(c4sc5nnc(-c6ccccc6O)cc5c4C)CC3)no2)C(C)C)cc1. The number of thiophene rings is 1. The summed E-state index contributed by atoms with van der Waals surface area (Å²) in [7, 11) is 0. The molecule has 13 nitrogen and oxygen atoms in total. The van der Waals surface area contributed by atoms with Gasteiger partial charge in [-0.3, -0.25) is 14.5 Å². The Hall–Kier alpha value is -5.22. The topological polar surface area (TPSA) is 167 Å². The molecule has 0 radical (unpaired) electrons. The molecule has 0 bridgehead atoms. The number of phenolic OH excluding ortho intramolecular Hbond substituents is 1. The molecule has 62 heavy (non-hydrogen) atoms. The number of aliphatic hydroxyl groups is 1. The van der Waals surface area contributed by atoms with E-state index in [1.54, 1.807) is 40.9 Å². The minimum absolute atomic E-state index is 0.0383. The third-order valence-corrected chi connectivity index (χ3v) is 15.5. The first kappa shape index (κ1) is 42.1. The van der Waals surface area contributed by atoms with Gasteiger partial charge >= 0.3 is 0 Å². The summed E-state index contributed by atoms with van der Waals surface area (Å²) in [4.78, 5) is 39.9. The van der Waals surface area contributed by atoms with Crippen LogP contribution in [0.25, 0.3) is 31.9 Å². The van der Waals surface area contributed by atoms with Crippen molar-refractivity contribution in [3.63, 3.8) is 0 Å². The second-order valence-corrected chi connectivity index (χ2v) is 19.4. The Balaban J connectivity index is 0.808. The quantitative estimate of drug-likeness (QED) is 0.109. The number of β-amino-alcohol motifs (C(OH)–C–C–N with tert-alkyl or cyclic N) is 1. The number of hydrogen-bond donors (Lipinski definition) is 3. The molecule has 6 aromatic rings. The lowest BCUT2D eigenvalue weighted by molar-refractivity contribution is -0.141. The molecule has 2 amide bonds. The van der Waals surface area contributed by atoms with Gasteiger partial charge in [-0.2, -0.15) is 0 Å². The summed E-state index contributed by atoms with van der Waals surface area (Å²) >= 11 is 3.33. The number of likely N-dealkylation sites (tertiary alicyclic amines) is 2. The van der Waals surface area contributed by atoms with Crippen molar-refractivity contribution in [3.05, 3.63) is 93.6 Å². The Bertz CT molecular complexity index is 2560.